The summed E-state index contributed by atoms with van der Waals surface area (Å²) in [4.78, 5) is 28.4. The Balaban J connectivity index is 1.34. The first kappa shape index (κ1) is 20.1. The third-order valence-corrected chi connectivity index (χ3v) is 7.23. The molecule has 0 bridgehead atoms. The lowest BCUT2D eigenvalue weighted by Crippen LogP contribution is -2.48. The van der Waals surface area contributed by atoms with Crippen molar-refractivity contribution in [3.63, 3.8) is 0 Å². The molecular formula is C24H30N2O2S. The molecule has 0 spiro atoms. The Morgan fingerprint density at radius 2 is 1.66 bits per heavy atom. The summed E-state index contributed by atoms with van der Waals surface area (Å²) in [5.74, 6) is 0.550. The number of rotatable bonds is 4. The highest BCUT2D eigenvalue weighted by Crippen LogP contribution is 2.30. The molecule has 0 atom stereocenters. The number of hydrogen-bond donors (Lipinski definition) is 1. The molecule has 1 aromatic heterocycles. The molecule has 1 aromatic carbocycles. The molecule has 0 radical (unpaired) electrons. The van der Waals surface area contributed by atoms with Gasteiger partial charge < -0.3 is 10.2 Å². The summed E-state index contributed by atoms with van der Waals surface area (Å²) in [6, 6.07) is 10.6. The highest BCUT2D eigenvalue weighted by Gasteiger charge is 2.29. The van der Waals surface area contributed by atoms with Crippen LogP contribution in [0.1, 0.15) is 60.2 Å². The van der Waals surface area contributed by atoms with Gasteiger partial charge >= 0.3 is 0 Å². The van der Waals surface area contributed by atoms with E-state index in [9.17, 15) is 9.59 Å². The van der Waals surface area contributed by atoms with E-state index in [1.165, 1.54) is 36.2 Å². The minimum absolute atomic E-state index is 0.118. The molecule has 2 fully saturated rings. The maximum Gasteiger partial charge on any atom is 0.264 e. The summed E-state index contributed by atoms with van der Waals surface area (Å²) < 4.78 is 0. The molecule has 1 saturated carbocycles. The molecule has 1 saturated heterocycles. The average molecular weight is 411 g/mol. The summed E-state index contributed by atoms with van der Waals surface area (Å²) in [6.07, 6.45) is 7.36. The van der Waals surface area contributed by atoms with Crippen LogP contribution in [0.4, 0.5) is 0 Å². The van der Waals surface area contributed by atoms with E-state index < -0.39 is 0 Å². The number of carbonyl (C=O) groups is 2. The monoisotopic (exact) mass is 410 g/mol. The molecule has 2 aromatic rings. The van der Waals surface area contributed by atoms with Crippen molar-refractivity contribution in [3.8, 4) is 11.1 Å². The zero-order valence-corrected chi connectivity index (χ0v) is 18.0. The van der Waals surface area contributed by atoms with E-state index in [0.29, 0.717) is 13.1 Å². The van der Waals surface area contributed by atoms with Crippen LogP contribution in [-0.2, 0) is 4.79 Å². The van der Waals surface area contributed by atoms with E-state index in [1.807, 2.05) is 16.3 Å². The van der Waals surface area contributed by atoms with Crippen LogP contribution >= 0.6 is 11.3 Å². The van der Waals surface area contributed by atoms with Crippen LogP contribution in [-0.4, -0.2) is 35.8 Å². The molecule has 0 unspecified atom stereocenters. The van der Waals surface area contributed by atoms with Crippen LogP contribution in [0.2, 0.25) is 0 Å². The van der Waals surface area contributed by atoms with Crippen molar-refractivity contribution in [3.05, 3.63) is 46.2 Å². The predicted octanol–water partition coefficient (Wildman–Crippen LogP) is 5.02. The first-order valence-electron chi connectivity index (χ1n) is 10.9. The Morgan fingerprint density at radius 3 is 2.34 bits per heavy atom. The quantitative estimate of drug-likeness (QED) is 0.769. The summed E-state index contributed by atoms with van der Waals surface area (Å²) in [7, 11) is 0. The Morgan fingerprint density at radius 1 is 0.966 bits per heavy atom. The van der Waals surface area contributed by atoms with Gasteiger partial charge in [-0.25, -0.2) is 0 Å². The van der Waals surface area contributed by atoms with Gasteiger partial charge in [0.05, 0.1) is 4.88 Å². The van der Waals surface area contributed by atoms with Gasteiger partial charge in [-0.1, -0.05) is 49.1 Å². The van der Waals surface area contributed by atoms with Crippen molar-refractivity contribution in [2.75, 3.05) is 13.1 Å². The topological polar surface area (TPSA) is 49.4 Å². The van der Waals surface area contributed by atoms with Crippen molar-refractivity contribution < 1.29 is 9.59 Å². The number of benzene rings is 1. The number of aryl methyl sites for hydroxylation is 1. The van der Waals surface area contributed by atoms with Crippen molar-refractivity contribution >= 4 is 23.2 Å². The van der Waals surface area contributed by atoms with Gasteiger partial charge in [-0.2, -0.15) is 0 Å². The Labute approximate surface area is 177 Å². The van der Waals surface area contributed by atoms with Gasteiger partial charge in [0.25, 0.3) is 5.91 Å². The molecule has 1 N–H and O–H groups in total. The Bertz CT molecular complexity index is 844. The van der Waals surface area contributed by atoms with E-state index in [1.54, 1.807) is 0 Å². The van der Waals surface area contributed by atoms with Crippen LogP contribution in [0, 0.1) is 12.8 Å². The minimum Gasteiger partial charge on any atom is -0.353 e. The largest absolute Gasteiger partial charge is 0.353 e. The van der Waals surface area contributed by atoms with Crippen molar-refractivity contribution in [1.82, 2.24) is 10.2 Å². The second kappa shape index (κ2) is 9.12. The lowest BCUT2D eigenvalue weighted by atomic mass is 9.88. The fourth-order valence-electron chi connectivity index (χ4n) is 4.49. The normalized spacial score (nSPS) is 18.6. The maximum absolute atomic E-state index is 13.1. The molecule has 1 aliphatic heterocycles. The number of likely N-dealkylation sites (tertiary alicyclic amines) is 1. The standard InChI is InChI=1S/C24H30N2O2S/c1-17-7-9-18(10-8-17)21-13-16-29-22(21)24(28)26-14-11-20(12-15-26)25-23(27)19-5-3-2-4-6-19/h7-10,13,16,19-20H,2-6,11-12,14-15H2,1H3,(H,25,27). The molecular weight excluding hydrogens is 380 g/mol. The van der Waals surface area contributed by atoms with E-state index in [4.69, 9.17) is 0 Å². The smallest absolute Gasteiger partial charge is 0.264 e. The van der Waals surface area contributed by atoms with E-state index >= 15 is 0 Å². The van der Waals surface area contributed by atoms with Gasteiger partial charge in [0.15, 0.2) is 0 Å². The number of amides is 2. The fraction of sp³-hybridized carbons (Fsp3) is 0.500. The van der Waals surface area contributed by atoms with Crippen LogP contribution in [0.25, 0.3) is 11.1 Å². The predicted molar refractivity (Wildman–Crippen MR) is 118 cm³/mol. The summed E-state index contributed by atoms with van der Waals surface area (Å²) in [6.45, 7) is 3.49. The minimum atomic E-state index is 0.118. The molecule has 2 amide bonds. The van der Waals surface area contributed by atoms with E-state index in [0.717, 1.165) is 41.7 Å². The number of hydrogen-bond acceptors (Lipinski definition) is 3. The Kier molecular flexibility index (Phi) is 6.34. The number of nitrogens with zero attached hydrogens (tertiary/aromatic N) is 1. The van der Waals surface area contributed by atoms with Gasteiger partial charge in [-0.15, -0.1) is 11.3 Å². The number of carbonyl (C=O) groups excluding carboxylic acids is 2. The van der Waals surface area contributed by atoms with Gasteiger partial charge in [-0.3, -0.25) is 9.59 Å². The molecule has 154 valence electrons. The first-order valence-corrected chi connectivity index (χ1v) is 11.7. The van der Waals surface area contributed by atoms with Crippen LogP contribution < -0.4 is 5.32 Å². The van der Waals surface area contributed by atoms with Gasteiger partial charge in [-0.05, 0) is 49.6 Å². The second-order valence-electron chi connectivity index (χ2n) is 8.44. The van der Waals surface area contributed by atoms with Gasteiger partial charge in [0, 0.05) is 30.6 Å². The molecule has 1 aliphatic carbocycles. The summed E-state index contributed by atoms with van der Waals surface area (Å²) in [5.41, 5.74) is 3.33. The molecule has 4 nitrogen and oxygen atoms in total. The lowest BCUT2D eigenvalue weighted by Gasteiger charge is -2.33. The number of thiophene rings is 1. The highest BCUT2D eigenvalue weighted by molar-refractivity contribution is 7.12. The van der Waals surface area contributed by atoms with Crippen molar-refractivity contribution in [2.24, 2.45) is 5.92 Å². The molecule has 2 aliphatic rings. The third kappa shape index (κ3) is 4.72. The van der Waals surface area contributed by atoms with Crippen LogP contribution in [0.5, 0.6) is 0 Å². The van der Waals surface area contributed by atoms with Crippen LogP contribution in [0.3, 0.4) is 0 Å². The lowest BCUT2D eigenvalue weighted by molar-refractivity contribution is -0.126. The van der Waals surface area contributed by atoms with Crippen molar-refractivity contribution in [2.45, 2.75) is 57.9 Å². The SMILES string of the molecule is Cc1ccc(-c2ccsc2C(=O)N2CCC(NC(=O)C3CCCCC3)CC2)cc1. The van der Waals surface area contributed by atoms with E-state index in [2.05, 4.69) is 36.5 Å². The summed E-state index contributed by atoms with van der Waals surface area (Å²) in [5, 5.41) is 5.25. The molecule has 2 heterocycles. The molecule has 4 rings (SSSR count). The van der Waals surface area contributed by atoms with E-state index in [-0.39, 0.29) is 23.8 Å². The molecule has 29 heavy (non-hydrogen) atoms. The average Bonchev–Trinajstić information content (AvgIpc) is 3.25. The first-order chi connectivity index (χ1) is 14.1. The van der Waals surface area contributed by atoms with Gasteiger partial charge in [0.1, 0.15) is 0 Å². The second-order valence-corrected chi connectivity index (χ2v) is 9.36. The number of nitrogens with one attached hydrogen (secondary N) is 1. The number of piperidine rings is 1. The van der Waals surface area contributed by atoms with Crippen LogP contribution in [0.15, 0.2) is 35.7 Å². The third-order valence-electron chi connectivity index (χ3n) is 6.33. The van der Waals surface area contributed by atoms with Crippen molar-refractivity contribution in [1.29, 1.82) is 0 Å². The summed E-state index contributed by atoms with van der Waals surface area (Å²) >= 11 is 1.52. The highest BCUT2D eigenvalue weighted by atomic mass is 32.1. The maximum atomic E-state index is 13.1. The van der Waals surface area contributed by atoms with Gasteiger partial charge in [0.2, 0.25) is 5.91 Å². The zero-order chi connectivity index (χ0) is 20.2. The zero-order valence-electron chi connectivity index (χ0n) is 17.2. The Hall–Kier alpha value is -2.14. The molecule has 5 heteroatoms. The fourth-order valence-corrected chi connectivity index (χ4v) is 5.37.